The Labute approximate surface area is 114 Å². The van der Waals surface area contributed by atoms with Crippen LogP contribution >= 0.6 is 0 Å². The van der Waals surface area contributed by atoms with Gasteiger partial charge in [-0.2, -0.15) is 5.10 Å². The van der Waals surface area contributed by atoms with Crippen molar-refractivity contribution in [2.75, 3.05) is 13.1 Å². The van der Waals surface area contributed by atoms with E-state index in [2.05, 4.69) is 5.10 Å². The monoisotopic (exact) mass is 264 g/mol. The number of hydrogen-bond acceptors (Lipinski definition) is 3. The fourth-order valence-corrected chi connectivity index (χ4v) is 3.12. The zero-order chi connectivity index (χ0) is 13.8. The Morgan fingerprint density at radius 2 is 2.37 bits per heavy atom. The van der Waals surface area contributed by atoms with Crippen LogP contribution in [-0.4, -0.2) is 39.7 Å². The maximum absolute atomic E-state index is 12.6. The summed E-state index contributed by atoms with van der Waals surface area (Å²) in [4.78, 5) is 14.6. The van der Waals surface area contributed by atoms with Crippen LogP contribution in [0.4, 0.5) is 0 Å². The Hall–Kier alpha value is -1.36. The van der Waals surface area contributed by atoms with E-state index in [0.717, 1.165) is 19.4 Å². The first-order valence-electron chi connectivity index (χ1n) is 7.18. The lowest BCUT2D eigenvalue weighted by Gasteiger charge is -2.33. The van der Waals surface area contributed by atoms with E-state index < -0.39 is 0 Å². The average molecular weight is 264 g/mol. The molecule has 1 saturated carbocycles. The summed E-state index contributed by atoms with van der Waals surface area (Å²) in [6.07, 6.45) is 6.94. The molecule has 1 aromatic heterocycles. The third-order valence-corrected chi connectivity index (χ3v) is 4.22. The number of amides is 1. The highest BCUT2D eigenvalue weighted by Gasteiger charge is 2.35. The van der Waals surface area contributed by atoms with E-state index in [9.17, 15) is 4.79 Å². The summed E-state index contributed by atoms with van der Waals surface area (Å²) in [5, 5.41) is 4.16. The maximum atomic E-state index is 12.6. The van der Waals surface area contributed by atoms with E-state index >= 15 is 0 Å². The summed E-state index contributed by atoms with van der Waals surface area (Å²) in [7, 11) is 0. The summed E-state index contributed by atoms with van der Waals surface area (Å²) in [6, 6.07) is 1.91. The number of hydrogen-bond donors (Lipinski definition) is 1. The maximum Gasteiger partial charge on any atom is 0.247 e. The molecule has 1 aromatic rings. The second-order valence-corrected chi connectivity index (χ2v) is 5.28. The van der Waals surface area contributed by atoms with Gasteiger partial charge >= 0.3 is 0 Å². The van der Waals surface area contributed by atoms with E-state index in [-0.39, 0.29) is 11.9 Å². The number of nitrogens with two attached hydrogens (primary N) is 1. The van der Waals surface area contributed by atoms with E-state index in [1.165, 1.54) is 6.42 Å². The zero-order valence-electron chi connectivity index (χ0n) is 11.8. The lowest BCUT2D eigenvalue weighted by atomic mass is 10.0. The van der Waals surface area contributed by atoms with Crippen LogP contribution in [0.1, 0.15) is 39.2 Å². The van der Waals surface area contributed by atoms with Crippen LogP contribution in [0.25, 0.3) is 0 Å². The summed E-state index contributed by atoms with van der Waals surface area (Å²) < 4.78 is 1.72. The quantitative estimate of drug-likeness (QED) is 0.874. The van der Waals surface area contributed by atoms with Crippen LogP contribution in [-0.2, 0) is 4.79 Å². The lowest BCUT2D eigenvalue weighted by molar-refractivity contribution is -0.137. The molecule has 1 amide bonds. The molecule has 0 radical (unpaired) electrons. The number of likely N-dealkylation sites (N-methyl/N-ethyl adjacent to an activating group) is 1. The predicted octanol–water partition coefficient (Wildman–Crippen LogP) is 1.42. The second-order valence-electron chi connectivity index (χ2n) is 5.28. The first kappa shape index (κ1) is 14.1. The van der Waals surface area contributed by atoms with E-state index in [1.807, 2.05) is 31.0 Å². The van der Waals surface area contributed by atoms with Crippen LogP contribution in [0.3, 0.4) is 0 Å². The Morgan fingerprint density at radius 3 is 2.95 bits per heavy atom. The van der Waals surface area contributed by atoms with Crippen LogP contribution in [0.15, 0.2) is 18.5 Å². The summed E-state index contributed by atoms with van der Waals surface area (Å²) >= 11 is 0. The fraction of sp³-hybridized carbons (Fsp3) is 0.714. The van der Waals surface area contributed by atoms with Gasteiger partial charge in [-0.15, -0.1) is 0 Å². The van der Waals surface area contributed by atoms with Gasteiger partial charge < -0.3 is 10.6 Å². The second kappa shape index (κ2) is 6.19. The topological polar surface area (TPSA) is 64.2 Å². The molecule has 1 fully saturated rings. The van der Waals surface area contributed by atoms with Gasteiger partial charge in [-0.05, 0) is 45.2 Å². The molecule has 5 nitrogen and oxygen atoms in total. The molecule has 0 aliphatic heterocycles. The number of rotatable bonds is 5. The van der Waals surface area contributed by atoms with Crippen molar-refractivity contribution in [3.63, 3.8) is 0 Å². The van der Waals surface area contributed by atoms with Crippen molar-refractivity contribution in [2.24, 2.45) is 11.7 Å². The van der Waals surface area contributed by atoms with E-state index in [0.29, 0.717) is 18.5 Å². The minimum absolute atomic E-state index is 0.150. The predicted molar refractivity (Wildman–Crippen MR) is 74.5 cm³/mol. The van der Waals surface area contributed by atoms with Crippen molar-refractivity contribution in [3.05, 3.63) is 18.5 Å². The van der Waals surface area contributed by atoms with Gasteiger partial charge in [0.2, 0.25) is 5.91 Å². The van der Waals surface area contributed by atoms with Gasteiger partial charge in [-0.1, -0.05) is 6.42 Å². The van der Waals surface area contributed by atoms with E-state index in [1.54, 1.807) is 10.9 Å². The van der Waals surface area contributed by atoms with Gasteiger partial charge in [-0.3, -0.25) is 9.48 Å². The van der Waals surface area contributed by atoms with Crippen LogP contribution < -0.4 is 5.73 Å². The third-order valence-electron chi connectivity index (χ3n) is 4.22. The molecule has 1 aliphatic rings. The van der Waals surface area contributed by atoms with E-state index in [4.69, 9.17) is 5.73 Å². The standard InChI is InChI=1S/C14H24N4O/c1-3-17(13-7-4-6-12(13)10-15)14(19)11(2)18-9-5-8-16-18/h5,8-9,11-13H,3-4,6-7,10,15H2,1-2H3. The molecule has 3 atom stereocenters. The molecular formula is C14H24N4O. The Bertz CT molecular complexity index is 404. The van der Waals surface area contributed by atoms with Crippen molar-refractivity contribution in [3.8, 4) is 0 Å². The van der Waals surface area contributed by atoms with Crippen molar-refractivity contribution in [2.45, 2.75) is 45.2 Å². The highest BCUT2D eigenvalue weighted by Crippen LogP contribution is 2.30. The normalized spacial score (nSPS) is 24.4. The van der Waals surface area contributed by atoms with Gasteiger partial charge in [0.25, 0.3) is 0 Å². The lowest BCUT2D eigenvalue weighted by Crippen LogP contribution is -2.46. The molecule has 5 heteroatoms. The first-order valence-corrected chi connectivity index (χ1v) is 7.18. The minimum atomic E-state index is -0.242. The highest BCUT2D eigenvalue weighted by molar-refractivity contribution is 5.80. The SMILES string of the molecule is CCN(C(=O)C(C)n1cccn1)C1CCCC1CN. The summed E-state index contributed by atoms with van der Waals surface area (Å²) in [6.45, 7) is 5.36. The van der Waals surface area contributed by atoms with Crippen molar-refractivity contribution >= 4 is 5.91 Å². The molecule has 0 bridgehead atoms. The molecule has 19 heavy (non-hydrogen) atoms. The molecule has 1 heterocycles. The number of nitrogens with zero attached hydrogens (tertiary/aromatic N) is 3. The first-order chi connectivity index (χ1) is 9.19. The van der Waals surface area contributed by atoms with Crippen molar-refractivity contribution in [1.82, 2.24) is 14.7 Å². The fourth-order valence-electron chi connectivity index (χ4n) is 3.12. The Morgan fingerprint density at radius 1 is 1.58 bits per heavy atom. The van der Waals surface area contributed by atoms with Gasteiger partial charge in [0.1, 0.15) is 6.04 Å². The Kier molecular flexibility index (Phi) is 4.58. The van der Waals surface area contributed by atoms with Crippen molar-refractivity contribution in [1.29, 1.82) is 0 Å². The molecule has 2 rings (SSSR count). The number of carbonyl (C=O) groups excluding carboxylic acids is 1. The molecule has 3 unspecified atom stereocenters. The van der Waals surface area contributed by atoms with Crippen LogP contribution in [0, 0.1) is 5.92 Å². The van der Waals surface area contributed by atoms with Crippen molar-refractivity contribution < 1.29 is 4.79 Å². The molecule has 0 saturated heterocycles. The van der Waals surface area contributed by atoms with Crippen LogP contribution in [0.2, 0.25) is 0 Å². The molecular weight excluding hydrogens is 240 g/mol. The number of carbonyl (C=O) groups is 1. The van der Waals surface area contributed by atoms with Gasteiger partial charge in [0.05, 0.1) is 0 Å². The summed E-state index contributed by atoms with van der Waals surface area (Å²) in [5.41, 5.74) is 5.83. The molecule has 1 aliphatic carbocycles. The molecule has 2 N–H and O–H groups in total. The smallest absolute Gasteiger partial charge is 0.247 e. The molecule has 106 valence electrons. The summed E-state index contributed by atoms with van der Waals surface area (Å²) in [5.74, 6) is 0.602. The Balaban J connectivity index is 2.10. The van der Waals surface area contributed by atoms with Gasteiger partial charge in [0.15, 0.2) is 0 Å². The van der Waals surface area contributed by atoms with Gasteiger partial charge in [0, 0.05) is 25.0 Å². The zero-order valence-corrected chi connectivity index (χ0v) is 11.8. The minimum Gasteiger partial charge on any atom is -0.338 e. The van der Waals surface area contributed by atoms with Crippen LogP contribution in [0.5, 0.6) is 0 Å². The van der Waals surface area contributed by atoms with Gasteiger partial charge in [-0.25, -0.2) is 0 Å². The number of aromatic nitrogens is 2. The average Bonchev–Trinajstić information content (AvgIpc) is 3.09. The molecule has 0 spiro atoms. The third kappa shape index (κ3) is 2.81. The largest absolute Gasteiger partial charge is 0.338 e. The highest BCUT2D eigenvalue weighted by atomic mass is 16.2. The molecule has 0 aromatic carbocycles.